The summed E-state index contributed by atoms with van der Waals surface area (Å²) in [6.45, 7) is 2.02. The van der Waals surface area contributed by atoms with Crippen LogP contribution in [-0.4, -0.2) is 11.7 Å². The molecule has 0 bridgehead atoms. The van der Waals surface area contributed by atoms with E-state index >= 15 is 0 Å². The number of unbranched alkanes of at least 4 members (excludes halogenated alkanes) is 1. The maximum atomic E-state index is 11.4. The lowest BCUT2D eigenvalue weighted by molar-refractivity contribution is -0.117. The number of halogens is 2. The highest BCUT2D eigenvalue weighted by atomic mass is 35.5. The Hall–Kier alpha value is -1.52. The minimum absolute atomic E-state index is 0.165. The molecule has 3 N–H and O–H groups in total. The Morgan fingerprint density at radius 2 is 2.15 bits per heavy atom. The second-order valence-electron chi connectivity index (χ2n) is 4.14. The number of hydrogen-bond acceptors (Lipinski definition) is 2. The molecule has 0 unspecified atom stereocenters. The molecule has 0 saturated heterocycles. The zero-order valence-corrected chi connectivity index (χ0v) is 12.7. The molecule has 0 spiro atoms. The van der Waals surface area contributed by atoms with Gasteiger partial charge in [0.15, 0.2) is 0 Å². The van der Waals surface area contributed by atoms with Gasteiger partial charge in [0.2, 0.25) is 5.91 Å². The number of carbonyl (C=O) groups is 1. The fraction of sp³-hybridized carbons (Fsp3) is 0.286. The Kier molecular flexibility index (Phi) is 7.12. The Morgan fingerprint density at radius 3 is 2.80 bits per heavy atom. The van der Waals surface area contributed by atoms with Crippen LogP contribution in [0.4, 0.5) is 5.69 Å². The largest absolute Gasteiger partial charge is 0.384 e. The van der Waals surface area contributed by atoms with Crippen LogP contribution in [-0.2, 0) is 4.79 Å². The molecule has 0 aliphatic heterocycles. The van der Waals surface area contributed by atoms with Crippen LogP contribution in [0.5, 0.6) is 0 Å². The predicted octanol–water partition coefficient (Wildman–Crippen LogP) is 3.99. The van der Waals surface area contributed by atoms with Gasteiger partial charge in [-0.25, -0.2) is 0 Å². The van der Waals surface area contributed by atoms with Crippen LogP contribution in [0.25, 0.3) is 0 Å². The lowest BCUT2D eigenvalue weighted by Gasteiger charge is -2.02. The van der Waals surface area contributed by atoms with Crippen molar-refractivity contribution in [1.82, 2.24) is 0 Å². The molecule has 1 rings (SSSR count). The van der Waals surface area contributed by atoms with Crippen molar-refractivity contribution >= 4 is 40.6 Å². The van der Waals surface area contributed by atoms with E-state index in [-0.39, 0.29) is 11.7 Å². The fourth-order valence-electron chi connectivity index (χ4n) is 1.37. The van der Waals surface area contributed by atoms with E-state index in [4.69, 9.17) is 28.9 Å². The third-order valence-corrected chi connectivity index (χ3v) is 3.16. The Balaban J connectivity index is 2.53. The number of nitrogens with zero attached hydrogens (tertiary/aromatic N) is 1. The molecule has 4 nitrogen and oxygen atoms in total. The minimum atomic E-state index is -0.205. The lowest BCUT2D eigenvalue weighted by atomic mass is 10.2. The molecule has 0 aliphatic rings. The van der Waals surface area contributed by atoms with Gasteiger partial charge in [0.1, 0.15) is 5.84 Å². The van der Waals surface area contributed by atoms with Gasteiger partial charge in [-0.3, -0.25) is 4.79 Å². The molecule has 0 atom stereocenters. The number of amidine groups is 1. The number of amides is 1. The summed E-state index contributed by atoms with van der Waals surface area (Å²) in [5, 5.41) is 3.91. The first-order valence-electron chi connectivity index (χ1n) is 6.28. The summed E-state index contributed by atoms with van der Waals surface area (Å²) in [6, 6.07) is 5.15. The quantitative estimate of drug-likeness (QED) is 0.616. The van der Waals surface area contributed by atoms with Crippen LogP contribution in [0.3, 0.4) is 0 Å². The lowest BCUT2D eigenvalue weighted by Crippen LogP contribution is -2.11. The first kappa shape index (κ1) is 16.5. The predicted molar refractivity (Wildman–Crippen MR) is 85.4 cm³/mol. The average Bonchev–Trinajstić information content (AvgIpc) is 2.40. The monoisotopic (exact) mass is 313 g/mol. The Labute approximate surface area is 128 Å². The van der Waals surface area contributed by atoms with E-state index in [1.54, 1.807) is 24.4 Å². The maximum Gasteiger partial charge on any atom is 0.247 e. The van der Waals surface area contributed by atoms with E-state index in [1.165, 1.54) is 6.08 Å². The van der Waals surface area contributed by atoms with Crippen LogP contribution in [0.1, 0.15) is 26.2 Å². The molecule has 0 fully saturated rings. The molecule has 0 aromatic heterocycles. The van der Waals surface area contributed by atoms with Gasteiger partial charge in [0, 0.05) is 18.3 Å². The summed E-state index contributed by atoms with van der Waals surface area (Å²) < 4.78 is 0. The summed E-state index contributed by atoms with van der Waals surface area (Å²) in [7, 11) is 0. The first-order chi connectivity index (χ1) is 9.52. The van der Waals surface area contributed by atoms with Crippen molar-refractivity contribution in [2.45, 2.75) is 26.2 Å². The van der Waals surface area contributed by atoms with Crippen molar-refractivity contribution in [3.8, 4) is 0 Å². The molecule has 0 saturated carbocycles. The number of nitrogens with one attached hydrogen (secondary N) is 1. The van der Waals surface area contributed by atoms with Gasteiger partial charge in [0.25, 0.3) is 0 Å². The maximum absolute atomic E-state index is 11.4. The molecule has 6 heteroatoms. The average molecular weight is 314 g/mol. The topological polar surface area (TPSA) is 67.5 Å². The molecule has 20 heavy (non-hydrogen) atoms. The fourth-order valence-corrected chi connectivity index (χ4v) is 1.67. The summed E-state index contributed by atoms with van der Waals surface area (Å²) in [6.07, 6.45) is 5.31. The summed E-state index contributed by atoms with van der Waals surface area (Å²) in [4.78, 5) is 15.1. The van der Waals surface area contributed by atoms with Gasteiger partial charge in [0.05, 0.1) is 10.0 Å². The second kappa shape index (κ2) is 8.61. The number of anilines is 1. The zero-order chi connectivity index (χ0) is 15.0. The highest BCUT2D eigenvalue weighted by molar-refractivity contribution is 6.42. The van der Waals surface area contributed by atoms with E-state index in [0.717, 1.165) is 18.5 Å². The van der Waals surface area contributed by atoms with Crippen molar-refractivity contribution < 1.29 is 4.79 Å². The van der Waals surface area contributed by atoms with Gasteiger partial charge in [-0.2, -0.15) is 4.99 Å². The van der Waals surface area contributed by atoms with E-state index in [1.807, 2.05) is 6.92 Å². The second-order valence-corrected chi connectivity index (χ2v) is 4.95. The van der Waals surface area contributed by atoms with Crippen LogP contribution >= 0.6 is 23.2 Å². The number of carbonyl (C=O) groups excluding carboxylic acids is 1. The standard InChI is InChI=1S/C14H17Cl2N3O/c1-2-3-4-14(20)19-13(17)7-8-18-10-5-6-11(15)12(16)9-10/h5-9,18H,2-4H2,1H3,(H2,17,19,20)/b8-7-. The van der Waals surface area contributed by atoms with E-state index < -0.39 is 0 Å². The molecule has 0 aliphatic carbocycles. The van der Waals surface area contributed by atoms with Crippen molar-refractivity contribution in [3.63, 3.8) is 0 Å². The van der Waals surface area contributed by atoms with E-state index in [9.17, 15) is 4.79 Å². The first-order valence-corrected chi connectivity index (χ1v) is 7.03. The van der Waals surface area contributed by atoms with Gasteiger partial charge in [-0.05, 0) is 30.7 Å². The highest BCUT2D eigenvalue weighted by Gasteiger charge is 1.99. The molecule has 1 aromatic rings. The molecule has 0 radical (unpaired) electrons. The zero-order valence-electron chi connectivity index (χ0n) is 11.2. The van der Waals surface area contributed by atoms with E-state index in [2.05, 4.69) is 10.3 Å². The van der Waals surface area contributed by atoms with Crippen LogP contribution in [0.15, 0.2) is 35.5 Å². The van der Waals surface area contributed by atoms with Crippen molar-refractivity contribution in [2.75, 3.05) is 5.32 Å². The Bertz CT molecular complexity index is 527. The van der Waals surface area contributed by atoms with Crippen LogP contribution in [0, 0.1) is 0 Å². The van der Waals surface area contributed by atoms with Crippen LogP contribution < -0.4 is 11.1 Å². The Morgan fingerprint density at radius 1 is 1.40 bits per heavy atom. The van der Waals surface area contributed by atoms with Gasteiger partial charge >= 0.3 is 0 Å². The van der Waals surface area contributed by atoms with Crippen LogP contribution in [0.2, 0.25) is 10.0 Å². The molecule has 108 valence electrons. The summed E-state index contributed by atoms with van der Waals surface area (Å²) >= 11 is 11.7. The number of hydrogen-bond donors (Lipinski definition) is 2. The summed E-state index contributed by atoms with van der Waals surface area (Å²) in [5.74, 6) is -0.0396. The van der Waals surface area contributed by atoms with Crippen molar-refractivity contribution in [3.05, 3.63) is 40.5 Å². The molecule has 0 heterocycles. The molecule has 1 amide bonds. The van der Waals surface area contributed by atoms with Crippen molar-refractivity contribution in [1.29, 1.82) is 0 Å². The molecular weight excluding hydrogens is 297 g/mol. The molecule has 1 aromatic carbocycles. The highest BCUT2D eigenvalue weighted by Crippen LogP contribution is 2.24. The minimum Gasteiger partial charge on any atom is -0.384 e. The third kappa shape index (κ3) is 6.08. The number of rotatable bonds is 6. The molecular formula is C14H17Cl2N3O. The number of nitrogens with two attached hydrogens (primary N) is 1. The van der Waals surface area contributed by atoms with Crippen molar-refractivity contribution in [2.24, 2.45) is 10.7 Å². The van der Waals surface area contributed by atoms with Gasteiger partial charge in [-0.1, -0.05) is 36.5 Å². The smallest absolute Gasteiger partial charge is 0.247 e. The normalized spacial score (nSPS) is 11.8. The van der Waals surface area contributed by atoms with E-state index in [0.29, 0.717) is 16.5 Å². The number of aliphatic imine (C=N–C) groups is 1. The van der Waals surface area contributed by atoms with Gasteiger partial charge in [-0.15, -0.1) is 0 Å². The summed E-state index contributed by atoms with van der Waals surface area (Å²) in [5.41, 5.74) is 6.38. The van der Waals surface area contributed by atoms with Gasteiger partial charge < -0.3 is 11.1 Å². The third-order valence-electron chi connectivity index (χ3n) is 2.42. The SMILES string of the molecule is CCCCC(=O)N=C(N)/C=C\Nc1ccc(Cl)c(Cl)c1. The number of benzene rings is 1.